The predicted octanol–water partition coefficient (Wildman–Crippen LogP) is 2.14. The summed E-state index contributed by atoms with van der Waals surface area (Å²) in [6, 6.07) is -0.416. The number of primary amides is 1. The van der Waals surface area contributed by atoms with Gasteiger partial charge in [0.25, 0.3) is 0 Å². The van der Waals surface area contributed by atoms with E-state index in [1.807, 2.05) is 4.90 Å². The third-order valence-corrected chi connectivity index (χ3v) is 10.6. The summed E-state index contributed by atoms with van der Waals surface area (Å²) in [5.74, 6) is -12.9. The number of carbonyl (C=O) groups is 5. The van der Waals surface area contributed by atoms with Crippen molar-refractivity contribution < 1.29 is 47.4 Å². The standard InChI is InChI=1S/C32H40F3N3O7/c1-30(2,3)16-6-8-38(9-7-16)13-15-12-19(39)21-17(23(15)32(33,34)35)10-14-11-18-24(37(4)5)26(41)22(29(36)44)28(43)31(18,45)27(42)20(14)25(21)40/h12,14,16,18,20,22,24,39,45H,6-11,13H2,1-5H3,(H2,36,44)/t14-,18-,20?,22?,24-,31-/m0/s1. The highest BCUT2D eigenvalue weighted by atomic mass is 19.4. The van der Waals surface area contributed by atoms with Gasteiger partial charge >= 0.3 is 6.18 Å². The minimum Gasteiger partial charge on any atom is -0.507 e. The van der Waals surface area contributed by atoms with Crippen molar-refractivity contribution in [3.05, 3.63) is 28.3 Å². The second kappa shape index (κ2) is 11.0. The lowest BCUT2D eigenvalue weighted by molar-refractivity contribution is -0.181. The lowest BCUT2D eigenvalue weighted by Crippen LogP contribution is -2.74. The van der Waals surface area contributed by atoms with Crippen molar-refractivity contribution >= 4 is 29.0 Å². The van der Waals surface area contributed by atoms with Crippen molar-refractivity contribution in [2.45, 2.75) is 70.8 Å². The number of phenolic OH excluding ortho intramolecular Hbond substituents is 1. The maximum Gasteiger partial charge on any atom is 0.417 e. The molecule has 1 aliphatic heterocycles. The predicted molar refractivity (Wildman–Crippen MR) is 154 cm³/mol. The molecule has 4 aliphatic rings. The number of likely N-dealkylation sites (tertiary alicyclic amines) is 1. The summed E-state index contributed by atoms with van der Waals surface area (Å²) in [7, 11) is 2.87. The molecule has 246 valence electrons. The van der Waals surface area contributed by atoms with Crippen LogP contribution in [0.2, 0.25) is 0 Å². The number of Topliss-reactive ketones (excluding diaryl/α,β-unsaturated/α-hetero) is 4. The van der Waals surface area contributed by atoms with Crippen LogP contribution >= 0.6 is 0 Å². The Bertz CT molecular complexity index is 1480. The first-order chi connectivity index (χ1) is 20.7. The lowest BCUT2D eigenvalue weighted by Gasteiger charge is -2.52. The topological polar surface area (TPSA) is 158 Å². The average Bonchev–Trinajstić information content (AvgIpc) is 2.89. The Morgan fingerprint density at radius 3 is 2.20 bits per heavy atom. The largest absolute Gasteiger partial charge is 0.507 e. The number of aliphatic hydroxyl groups is 1. The fourth-order valence-corrected chi connectivity index (χ4v) is 8.42. The van der Waals surface area contributed by atoms with Crippen LogP contribution < -0.4 is 5.73 Å². The molecule has 0 spiro atoms. The number of hydrogen-bond donors (Lipinski definition) is 3. The Labute approximate surface area is 259 Å². The van der Waals surface area contributed by atoms with Crippen LogP contribution in [0.1, 0.15) is 67.1 Å². The molecule has 1 saturated heterocycles. The highest BCUT2D eigenvalue weighted by Gasteiger charge is 2.69. The average molecular weight is 636 g/mol. The molecule has 1 aromatic carbocycles. The second-order valence-corrected chi connectivity index (χ2v) is 14.5. The Morgan fingerprint density at radius 1 is 1.09 bits per heavy atom. The van der Waals surface area contributed by atoms with E-state index in [-0.39, 0.29) is 23.9 Å². The molecule has 1 amide bonds. The quantitative estimate of drug-likeness (QED) is 0.422. The van der Waals surface area contributed by atoms with Gasteiger partial charge in [-0.2, -0.15) is 13.2 Å². The van der Waals surface area contributed by atoms with Crippen molar-refractivity contribution in [3.8, 4) is 5.75 Å². The minimum absolute atomic E-state index is 0.0632. The third-order valence-electron chi connectivity index (χ3n) is 10.6. The van der Waals surface area contributed by atoms with Gasteiger partial charge in [0.05, 0.1) is 23.1 Å². The number of halogens is 3. The number of benzene rings is 1. The number of phenols is 1. The first-order valence-electron chi connectivity index (χ1n) is 15.2. The van der Waals surface area contributed by atoms with Crippen LogP contribution in [0.15, 0.2) is 6.07 Å². The molecule has 10 nitrogen and oxygen atoms in total. The molecule has 6 atom stereocenters. The van der Waals surface area contributed by atoms with Crippen molar-refractivity contribution in [2.75, 3.05) is 27.2 Å². The maximum atomic E-state index is 14.8. The fraction of sp³-hybridized carbons (Fsp3) is 0.656. The number of hydrogen-bond acceptors (Lipinski definition) is 9. The number of aromatic hydroxyl groups is 1. The smallest absolute Gasteiger partial charge is 0.417 e. The number of nitrogens with two attached hydrogens (primary N) is 1. The normalized spacial score (nSPS) is 31.6. The number of piperidine rings is 1. The molecular formula is C32H40F3N3O7. The van der Waals surface area contributed by atoms with Gasteiger partial charge in [-0.1, -0.05) is 20.8 Å². The molecule has 13 heteroatoms. The zero-order valence-corrected chi connectivity index (χ0v) is 26.0. The van der Waals surface area contributed by atoms with E-state index in [0.717, 1.165) is 18.9 Å². The molecule has 3 fully saturated rings. The number of ketones is 4. The van der Waals surface area contributed by atoms with Gasteiger partial charge in [0, 0.05) is 12.5 Å². The lowest BCUT2D eigenvalue weighted by atomic mass is 9.52. The van der Waals surface area contributed by atoms with Gasteiger partial charge in [-0.05, 0) is 87.3 Å². The molecule has 1 heterocycles. The van der Waals surface area contributed by atoms with Crippen LogP contribution in [0.25, 0.3) is 0 Å². The molecule has 1 aromatic rings. The van der Waals surface area contributed by atoms with E-state index in [4.69, 9.17) is 5.73 Å². The minimum atomic E-state index is -4.90. The van der Waals surface area contributed by atoms with Gasteiger partial charge in [0.2, 0.25) is 5.91 Å². The number of likely N-dealkylation sites (N-methyl/N-ethyl adjacent to an activating group) is 1. The highest BCUT2D eigenvalue weighted by Crippen LogP contribution is 2.53. The van der Waals surface area contributed by atoms with E-state index in [2.05, 4.69) is 20.8 Å². The molecule has 5 rings (SSSR count). The first kappa shape index (κ1) is 33.2. The zero-order chi connectivity index (χ0) is 33.5. The molecule has 45 heavy (non-hydrogen) atoms. The van der Waals surface area contributed by atoms with Crippen LogP contribution in [0, 0.1) is 35.0 Å². The van der Waals surface area contributed by atoms with Crippen LogP contribution in [0.4, 0.5) is 13.2 Å². The third kappa shape index (κ3) is 5.20. The Kier molecular flexibility index (Phi) is 8.10. The van der Waals surface area contributed by atoms with E-state index in [1.165, 1.54) is 19.0 Å². The summed E-state index contributed by atoms with van der Waals surface area (Å²) in [5.41, 5.74) is 0.108. The molecule has 4 N–H and O–H groups in total. The monoisotopic (exact) mass is 635 g/mol. The number of rotatable bonds is 4. The molecule has 2 unspecified atom stereocenters. The van der Waals surface area contributed by atoms with Crippen molar-refractivity contribution in [3.63, 3.8) is 0 Å². The molecule has 2 saturated carbocycles. The van der Waals surface area contributed by atoms with Gasteiger partial charge in [0.1, 0.15) is 5.75 Å². The summed E-state index contributed by atoms with van der Waals surface area (Å²) in [6.45, 7) is 7.43. The summed E-state index contributed by atoms with van der Waals surface area (Å²) < 4.78 is 44.5. The van der Waals surface area contributed by atoms with Crippen LogP contribution in [0.3, 0.4) is 0 Å². The molecule has 0 bridgehead atoms. The number of alkyl halides is 3. The maximum absolute atomic E-state index is 14.8. The van der Waals surface area contributed by atoms with Crippen molar-refractivity contribution in [2.24, 2.45) is 40.7 Å². The Hall–Kier alpha value is -3.16. The van der Waals surface area contributed by atoms with E-state index in [9.17, 15) is 47.4 Å². The number of amides is 1. The SMILES string of the molecule is CN(C)[C@@H]1C(=O)C(C(N)=O)C(=O)[C@@]2(O)C(=O)C3C(=O)c4c(O)cc(CN5CCC(C(C)(C)C)CC5)c(C(F)(F)F)c4C[C@H]3C[C@@H]12. The zero-order valence-electron chi connectivity index (χ0n) is 26.0. The number of carbonyl (C=O) groups excluding carboxylic acids is 5. The summed E-state index contributed by atoms with van der Waals surface area (Å²) >= 11 is 0. The highest BCUT2D eigenvalue weighted by molar-refractivity contribution is 6.32. The first-order valence-corrected chi connectivity index (χ1v) is 15.2. The number of nitrogens with zero attached hydrogens (tertiary/aromatic N) is 2. The van der Waals surface area contributed by atoms with Gasteiger partial charge < -0.3 is 15.9 Å². The number of fused-ring (bicyclic) bond motifs is 3. The molecular weight excluding hydrogens is 595 g/mol. The molecule has 0 radical (unpaired) electrons. The molecule has 0 aromatic heterocycles. The van der Waals surface area contributed by atoms with E-state index in [0.29, 0.717) is 19.0 Å². The summed E-state index contributed by atoms with van der Waals surface area (Å²) in [4.78, 5) is 69.7. The summed E-state index contributed by atoms with van der Waals surface area (Å²) in [5, 5.41) is 22.7. The summed E-state index contributed by atoms with van der Waals surface area (Å²) in [6.07, 6.45) is -4.07. The fourth-order valence-electron chi connectivity index (χ4n) is 8.42. The Morgan fingerprint density at radius 2 is 1.69 bits per heavy atom. The van der Waals surface area contributed by atoms with Crippen molar-refractivity contribution in [1.29, 1.82) is 0 Å². The van der Waals surface area contributed by atoms with Gasteiger partial charge in [-0.15, -0.1) is 0 Å². The van der Waals surface area contributed by atoms with Crippen LogP contribution in [-0.4, -0.2) is 87.9 Å². The van der Waals surface area contributed by atoms with Crippen LogP contribution in [0.5, 0.6) is 5.75 Å². The molecule has 3 aliphatic carbocycles. The van der Waals surface area contributed by atoms with E-state index in [1.54, 1.807) is 0 Å². The second-order valence-electron chi connectivity index (χ2n) is 14.5. The van der Waals surface area contributed by atoms with Gasteiger partial charge in [-0.3, -0.25) is 33.8 Å². The Balaban J connectivity index is 1.57. The van der Waals surface area contributed by atoms with E-state index < -0.39 is 99.4 Å². The van der Waals surface area contributed by atoms with E-state index >= 15 is 0 Å². The van der Waals surface area contributed by atoms with Crippen molar-refractivity contribution in [1.82, 2.24) is 9.80 Å². The van der Waals surface area contributed by atoms with Gasteiger partial charge in [0.15, 0.2) is 34.7 Å². The van der Waals surface area contributed by atoms with Gasteiger partial charge in [-0.25, -0.2) is 0 Å². The van der Waals surface area contributed by atoms with Crippen LogP contribution in [-0.2, 0) is 38.3 Å².